The normalized spacial score (nSPS) is 22.2. The number of ether oxygens (including phenoxy) is 1. The predicted molar refractivity (Wildman–Crippen MR) is 50.6 cm³/mol. The van der Waals surface area contributed by atoms with Crippen LogP contribution in [-0.4, -0.2) is 31.8 Å². The van der Waals surface area contributed by atoms with E-state index in [1.807, 2.05) is 0 Å². The summed E-state index contributed by atoms with van der Waals surface area (Å²) < 4.78 is 4.96. The summed E-state index contributed by atoms with van der Waals surface area (Å²) in [6, 6.07) is -0.0872. The number of carbonyl (C=O) groups is 1. The standard InChI is InChI=1S/C9H18N2O2/c1-3-7(2)4-10-9(12)11-5-8-6-13-8/h7-8H,3-6H2,1-2H3,(H2,10,11,12). The first-order valence-electron chi connectivity index (χ1n) is 4.85. The molecule has 2 N–H and O–H groups in total. The molecule has 2 unspecified atom stereocenters. The van der Waals surface area contributed by atoms with Crippen LogP contribution in [0.5, 0.6) is 0 Å². The molecule has 0 bridgehead atoms. The van der Waals surface area contributed by atoms with Crippen molar-refractivity contribution in [3.8, 4) is 0 Å². The third-order valence-corrected chi connectivity index (χ3v) is 2.20. The van der Waals surface area contributed by atoms with Crippen molar-refractivity contribution in [1.29, 1.82) is 0 Å². The Morgan fingerprint density at radius 3 is 2.85 bits per heavy atom. The molecule has 4 heteroatoms. The van der Waals surface area contributed by atoms with Crippen molar-refractivity contribution in [2.24, 2.45) is 5.92 Å². The van der Waals surface area contributed by atoms with Crippen molar-refractivity contribution in [1.82, 2.24) is 10.6 Å². The van der Waals surface area contributed by atoms with Crippen LogP contribution in [0.3, 0.4) is 0 Å². The molecule has 1 rings (SSSR count). The second-order valence-electron chi connectivity index (χ2n) is 3.56. The van der Waals surface area contributed by atoms with Crippen molar-refractivity contribution in [2.45, 2.75) is 26.4 Å². The molecule has 0 spiro atoms. The summed E-state index contributed by atoms with van der Waals surface area (Å²) >= 11 is 0. The maximum absolute atomic E-state index is 11.1. The van der Waals surface area contributed by atoms with Gasteiger partial charge in [-0.3, -0.25) is 0 Å². The van der Waals surface area contributed by atoms with Crippen molar-refractivity contribution < 1.29 is 9.53 Å². The number of rotatable bonds is 5. The summed E-state index contributed by atoms with van der Waals surface area (Å²) in [5.74, 6) is 0.544. The lowest BCUT2D eigenvalue weighted by atomic mass is 10.1. The van der Waals surface area contributed by atoms with Crippen LogP contribution in [0.15, 0.2) is 0 Å². The summed E-state index contributed by atoms with van der Waals surface area (Å²) in [7, 11) is 0. The molecule has 1 aliphatic rings. The monoisotopic (exact) mass is 186 g/mol. The zero-order valence-corrected chi connectivity index (χ0v) is 8.30. The molecule has 0 aromatic rings. The van der Waals surface area contributed by atoms with Gasteiger partial charge in [0.2, 0.25) is 0 Å². The predicted octanol–water partition coefficient (Wildman–Crippen LogP) is 0.730. The Balaban J connectivity index is 1.96. The highest BCUT2D eigenvalue weighted by atomic mass is 16.6. The lowest BCUT2D eigenvalue weighted by Gasteiger charge is -2.10. The molecule has 0 aromatic carbocycles. The molecule has 1 heterocycles. The number of hydrogen-bond donors (Lipinski definition) is 2. The van der Waals surface area contributed by atoms with E-state index in [0.717, 1.165) is 19.6 Å². The summed E-state index contributed by atoms with van der Waals surface area (Å²) in [5.41, 5.74) is 0. The molecule has 0 radical (unpaired) electrons. The average molecular weight is 186 g/mol. The first-order valence-corrected chi connectivity index (χ1v) is 4.85. The maximum Gasteiger partial charge on any atom is 0.314 e. The number of amides is 2. The smallest absolute Gasteiger partial charge is 0.314 e. The number of carbonyl (C=O) groups excluding carboxylic acids is 1. The van der Waals surface area contributed by atoms with Crippen LogP contribution in [0, 0.1) is 5.92 Å². The van der Waals surface area contributed by atoms with E-state index in [-0.39, 0.29) is 12.1 Å². The van der Waals surface area contributed by atoms with Crippen LogP contribution < -0.4 is 10.6 Å². The molecule has 13 heavy (non-hydrogen) atoms. The summed E-state index contributed by atoms with van der Waals surface area (Å²) in [6.45, 7) is 6.39. The molecule has 0 saturated carbocycles. The largest absolute Gasteiger partial charge is 0.371 e. The van der Waals surface area contributed by atoms with E-state index in [0.29, 0.717) is 12.5 Å². The van der Waals surface area contributed by atoms with Crippen LogP contribution in [-0.2, 0) is 4.74 Å². The minimum atomic E-state index is -0.0872. The summed E-state index contributed by atoms with van der Waals surface area (Å²) in [6.07, 6.45) is 1.35. The van der Waals surface area contributed by atoms with Crippen molar-refractivity contribution in [3.05, 3.63) is 0 Å². The van der Waals surface area contributed by atoms with Gasteiger partial charge in [-0.25, -0.2) is 4.79 Å². The zero-order valence-electron chi connectivity index (χ0n) is 8.30. The second-order valence-corrected chi connectivity index (χ2v) is 3.56. The van der Waals surface area contributed by atoms with Gasteiger partial charge in [0, 0.05) is 13.1 Å². The van der Waals surface area contributed by atoms with E-state index in [1.165, 1.54) is 0 Å². The highest BCUT2D eigenvalue weighted by molar-refractivity contribution is 5.73. The van der Waals surface area contributed by atoms with Crippen LogP contribution in [0.2, 0.25) is 0 Å². The SMILES string of the molecule is CCC(C)CNC(=O)NCC1CO1. The third-order valence-electron chi connectivity index (χ3n) is 2.20. The van der Waals surface area contributed by atoms with Crippen LogP contribution in [0.25, 0.3) is 0 Å². The van der Waals surface area contributed by atoms with E-state index in [9.17, 15) is 4.79 Å². The molecule has 0 aliphatic carbocycles. The summed E-state index contributed by atoms with van der Waals surface area (Å²) in [4.78, 5) is 11.1. The molecule has 76 valence electrons. The van der Waals surface area contributed by atoms with Gasteiger partial charge in [-0.2, -0.15) is 0 Å². The molecular formula is C9H18N2O2. The minimum absolute atomic E-state index is 0.0872. The molecule has 1 saturated heterocycles. The Bertz CT molecular complexity index is 169. The Labute approximate surface area is 79.0 Å². The number of nitrogens with one attached hydrogen (secondary N) is 2. The average Bonchev–Trinajstić information content (AvgIpc) is 2.94. The van der Waals surface area contributed by atoms with Gasteiger partial charge in [-0.15, -0.1) is 0 Å². The first-order chi connectivity index (χ1) is 6.22. The minimum Gasteiger partial charge on any atom is -0.371 e. The van der Waals surface area contributed by atoms with Gasteiger partial charge in [-0.05, 0) is 5.92 Å². The topological polar surface area (TPSA) is 53.7 Å². The van der Waals surface area contributed by atoms with Gasteiger partial charge >= 0.3 is 6.03 Å². The van der Waals surface area contributed by atoms with E-state index in [4.69, 9.17) is 4.74 Å². The molecule has 0 aromatic heterocycles. The van der Waals surface area contributed by atoms with E-state index in [2.05, 4.69) is 24.5 Å². The molecule has 4 nitrogen and oxygen atoms in total. The van der Waals surface area contributed by atoms with Gasteiger partial charge in [0.25, 0.3) is 0 Å². The first kappa shape index (κ1) is 10.3. The summed E-state index contributed by atoms with van der Waals surface area (Å²) in [5, 5.41) is 5.56. The van der Waals surface area contributed by atoms with Gasteiger partial charge in [-0.1, -0.05) is 20.3 Å². The zero-order chi connectivity index (χ0) is 9.68. The number of hydrogen-bond acceptors (Lipinski definition) is 2. The van der Waals surface area contributed by atoms with Gasteiger partial charge in [0.1, 0.15) is 0 Å². The Hall–Kier alpha value is -0.770. The fraction of sp³-hybridized carbons (Fsp3) is 0.889. The fourth-order valence-electron chi connectivity index (χ4n) is 0.866. The molecule has 2 atom stereocenters. The molecule has 1 fully saturated rings. The molecule has 2 amide bonds. The highest BCUT2D eigenvalue weighted by Gasteiger charge is 2.22. The van der Waals surface area contributed by atoms with Crippen molar-refractivity contribution in [2.75, 3.05) is 19.7 Å². The van der Waals surface area contributed by atoms with Gasteiger partial charge in [0.15, 0.2) is 0 Å². The lowest BCUT2D eigenvalue weighted by molar-refractivity contribution is 0.237. The van der Waals surface area contributed by atoms with Crippen LogP contribution in [0.1, 0.15) is 20.3 Å². The quantitative estimate of drug-likeness (QED) is 0.622. The van der Waals surface area contributed by atoms with Gasteiger partial charge in [0.05, 0.1) is 12.7 Å². The van der Waals surface area contributed by atoms with Crippen molar-refractivity contribution in [3.63, 3.8) is 0 Å². The molecule has 1 aliphatic heterocycles. The Morgan fingerprint density at radius 2 is 2.31 bits per heavy atom. The molecular weight excluding hydrogens is 168 g/mol. The maximum atomic E-state index is 11.1. The Kier molecular flexibility index (Phi) is 4.02. The van der Waals surface area contributed by atoms with E-state index < -0.39 is 0 Å². The Morgan fingerprint density at radius 1 is 1.62 bits per heavy atom. The number of urea groups is 1. The lowest BCUT2D eigenvalue weighted by Crippen LogP contribution is -2.39. The van der Waals surface area contributed by atoms with E-state index >= 15 is 0 Å². The van der Waals surface area contributed by atoms with E-state index in [1.54, 1.807) is 0 Å². The van der Waals surface area contributed by atoms with Gasteiger partial charge < -0.3 is 15.4 Å². The highest BCUT2D eigenvalue weighted by Crippen LogP contribution is 2.05. The van der Waals surface area contributed by atoms with Crippen molar-refractivity contribution >= 4 is 6.03 Å². The van der Waals surface area contributed by atoms with Crippen LogP contribution >= 0.6 is 0 Å². The second kappa shape index (κ2) is 5.07. The fourth-order valence-corrected chi connectivity index (χ4v) is 0.866. The van der Waals surface area contributed by atoms with Crippen LogP contribution in [0.4, 0.5) is 4.79 Å². The number of epoxide rings is 1. The third kappa shape index (κ3) is 4.72.